The van der Waals surface area contributed by atoms with Gasteiger partial charge in [-0.1, -0.05) is 18.2 Å². The second-order valence-electron chi connectivity index (χ2n) is 6.79. The van der Waals surface area contributed by atoms with Crippen LogP contribution in [0.5, 0.6) is 0 Å². The number of hydrogen-bond acceptors (Lipinski definition) is 2. The average Bonchev–Trinajstić information content (AvgIpc) is 3.20. The molecule has 28 heavy (non-hydrogen) atoms. The van der Waals surface area contributed by atoms with Gasteiger partial charge in [0.1, 0.15) is 0 Å². The fraction of sp³-hybridized carbons (Fsp3) is 0.130. The first-order valence-corrected chi connectivity index (χ1v) is 10.2. The summed E-state index contributed by atoms with van der Waals surface area (Å²) in [5, 5.41) is 4.59. The molecule has 0 aliphatic carbocycles. The molecule has 0 atom stereocenters. The largest absolute Gasteiger partial charge is 0.318 e. The fourth-order valence-electron chi connectivity index (χ4n) is 3.38. The van der Waals surface area contributed by atoms with Crippen LogP contribution in [0.3, 0.4) is 0 Å². The van der Waals surface area contributed by atoms with Crippen LogP contribution in [0, 0.1) is 24.3 Å². The molecule has 0 saturated heterocycles. The number of aryl methyl sites for hydroxylation is 2. The Labute approximate surface area is 178 Å². The van der Waals surface area contributed by atoms with Gasteiger partial charge in [-0.3, -0.25) is 0 Å². The molecule has 2 heterocycles. The van der Waals surface area contributed by atoms with Gasteiger partial charge in [0.2, 0.25) is 0 Å². The van der Waals surface area contributed by atoms with Gasteiger partial charge in [-0.05, 0) is 85.8 Å². The molecule has 140 valence electrons. The quantitative estimate of drug-likeness (QED) is 0.263. The van der Waals surface area contributed by atoms with Crippen LogP contribution < -0.4 is 0 Å². The van der Waals surface area contributed by atoms with E-state index in [0.29, 0.717) is 0 Å². The van der Waals surface area contributed by atoms with Gasteiger partial charge >= 0.3 is 0 Å². The van der Waals surface area contributed by atoms with Gasteiger partial charge < -0.3 is 4.57 Å². The Balaban J connectivity index is 1.70. The second-order valence-corrected chi connectivity index (χ2v) is 8.03. The van der Waals surface area contributed by atoms with Crippen LogP contribution in [0.15, 0.2) is 71.7 Å². The van der Waals surface area contributed by atoms with Gasteiger partial charge in [0.05, 0.1) is 11.4 Å². The van der Waals surface area contributed by atoms with Crippen LogP contribution >= 0.6 is 22.6 Å². The molecular weight excluding hydrogens is 459 g/mol. The van der Waals surface area contributed by atoms with E-state index < -0.39 is 0 Å². The minimum Gasteiger partial charge on any atom is -0.318 e. The molecule has 0 fully saturated rings. The molecule has 2 aromatic heterocycles. The Morgan fingerprint density at radius 1 is 0.893 bits per heavy atom. The molecule has 2 aromatic carbocycles. The number of aliphatic imine (C=N–C) groups is 1. The fourth-order valence-corrected chi connectivity index (χ4v) is 3.74. The van der Waals surface area contributed by atoms with E-state index in [4.69, 9.17) is 4.99 Å². The standard InChI is InChI=1S/C23H21IN4/c1-16-13-23(28(26-16)22-7-5-4-6-8-22)25-15-19-14-17(2)27(18(19)3)21-11-9-20(24)10-12-21/h4-15H,1-3H3. The van der Waals surface area contributed by atoms with Crippen LogP contribution in [-0.4, -0.2) is 20.6 Å². The minimum absolute atomic E-state index is 0.822. The summed E-state index contributed by atoms with van der Waals surface area (Å²) in [6.45, 7) is 6.24. The zero-order valence-corrected chi connectivity index (χ0v) is 18.3. The Morgan fingerprint density at radius 3 is 2.32 bits per heavy atom. The smallest absolute Gasteiger partial charge is 0.155 e. The molecular formula is C23H21IN4. The van der Waals surface area contributed by atoms with Gasteiger partial charge in [0, 0.05) is 38.5 Å². The van der Waals surface area contributed by atoms with Crippen LogP contribution in [0.4, 0.5) is 5.82 Å². The first kappa shape index (κ1) is 18.7. The van der Waals surface area contributed by atoms with E-state index in [9.17, 15) is 0 Å². The van der Waals surface area contributed by atoms with E-state index in [1.807, 2.05) is 54.2 Å². The summed E-state index contributed by atoms with van der Waals surface area (Å²) in [6.07, 6.45) is 1.93. The van der Waals surface area contributed by atoms with Crippen molar-refractivity contribution < 1.29 is 0 Å². The highest BCUT2D eigenvalue weighted by atomic mass is 127. The normalized spacial score (nSPS) is 11.4. The molecule has 0 bridgehead atoms. The molecule has 0 aliphatic rings. The number of rotatable bonds is 4. The highest BCUT2D eigenvalue weighted by molar-refractivity contribution is 14.1. The number of nitrogens with zero attached hydrogens (tertiary/aromatic N) is 4. The number of hydrogen-bond donors (Lipinski definition) is 0. The van der Waals surface area contributed by atoms with E-state index in [-0.39, 0.29) is 0 Å². The van der Waals surface area contributed by atoms with Crippen molar-refractivity contribution in [2.45, 2.75) is 20.8 Å². The van der Waals surface area contributed by atoms with Gasteiger partial charge in [-0.2, -0.15) is 5.10 Å². The van der Waals surface area contributed by atoms with Crippen molar-refractivity contribution in [1.82, 2.24) is 14.3 Å². The van der Waals surface area contributed by atoms with Gasteiger partial charge in [-0.25, -0.2) is 9.67 Å². The molecule has 0 amide bonds. The second kappa shape index (κ2) is 7.75. The molecule has 0 saturated carbocycles. The van der Waals surface area contributed by atoms with E-state index >= 15 is 0 Å². The van der Waals surface area contributed by atoms with Crippen molar-refractivity contribution in [2.75, 3.05) is 0 Å². The van der Waals surface area contributed by atoms with Crippen LogP contribution in [-0.2, 0) is 0 Å². The number of para-hydroxylation sites is 1. The highest BCUT2D eigenvalue weighted by Gasteiger charge is 2.10. The SMILES string of the molecule is Cc1cc(N=Cc2cc(C)n(-c3ccc(I)cc3)c2C)n(-c2ccccc2)n1. The first-order valence-electron chi connectivity index (χ1n) is 9.14. The molecule has 4 rings (SSSR count). The Kier molecular flexibility index (Phi) is 5.17. The highest BCUT2D eigenvalue weighted by Crippen LogP contribution is 2.23. The summed E-state index contributed by atoms with van der Waals surface area (Å²) in [6, 6.07) is 22.8. The molecule has 0 aliphatic heterocycles. The van der Waals surface area contributed by atoms with Crippen molar-refractivity contribution in [2.24, 2.45) is 4.99 Å². The Morgan fingerprint density at radius 2 is 1.61 bits per heavy atom. The maximum absolute atomic E-state index is 4.76. The maximum Gasteiger partial charge on any atom is 0.155 e. The molecule has 4 nitrogen and oxygen atoms in total. The van der Waals surface area contributed by atoms with Crippen LogP contribution in [0.2, 0.25) is 0 Å². The summed E-state index contributed by atoms with van der Waals surface area (Å²) < 4.78 is 5.37. The van der Waals surface area contributed by atoms with Crippen molar-refractivity contribution in [3.63, 3.8) is 0 Å². The lowest BCUT2D eigenvalue weighted by Gasteiger charge is -2.09. The van der Waals surface area contributed by atoms with E-state index in [0.717, 1.165) is 22.8 Å². The third-order valence-electron chi connectivity index (χ3n) is 4.70. The summed E-state index contributed by atoms with van der Waals surface area (Å²) in [7, 11) is 0. The topological polar surface area (TPSA) is 35.1 Å². The summed E-state index contributed by atoms with van der Waals surface area (Å²) in [5.41, 5.74) is 6.58. The molecule has 0 spiro atoms. The van der Waals surface area contributed by atoms with Crippen molar-refractivity contribution >= 4 is 34.6 Å². The zero-order valence-electron chi connectivity index (χ0n) is 16.1. The zero-order chi connectivity index (χ0) is 19.7. The first-order chi connectivity index (χ1) is 13.5. The van der Waals surface area contributed by atoms with E-state index in [2.05, 4.69) is 76.4 Å². The molecule has 0 N–H and O–H groups in total. The van der Waals surface area contributed by atoms with Crippen molar-refractivity contribution in [3.05, 3.63) is 92.9 Å². The van der Waals surface area contributed by atoms with Gasteiger partial charge in [0.15, 0.2) is 5.82 Å². The van der Waals surface area contributed by atoms with E-state index in [1.165, 1.54) is 20.6 Å². The lowest BCUT2D eigenvalue weighted by atomic mass is 10.2. The lowest BCUT2D eigenvalue weighted by molar-refractivity contribution is 0.863. The Hall–Kier alpha value is -2.67. The molecule has 0 unspecified atom stereocenters. The molecule has 0 radical (unpaired) electrons. The summed E-state index contributed by atoms with van der Waals surface area (Å²) in [5.74, 6) is 0.822. The summed E-state index contributed by atoms with van der Waals surface area (Å²) in [4.78, 5) is 4.76. The van der Waals surface area contributed by atoms with Gasteiger partial charge in [0.25, 0.3) is 0 Å². The van der Waals surface area contributed by atoms with Crippen molar-refractivity contribution in [3.8, 4) is 11.4 Å². The van der Waals surface area contributed by atoms with Crippen molar-refractivity contribution in [1.29, 1.82) is 0 Å². The summed E-state index contributed by atoms with van der Waals surface area (Å²) >= 11 is 2.33. The molecule has 4 aromatic rings. The van der Waals surface area contributed by atoms with Crippen LogP contribution in [0.1, 0.15) is 22.6 Å². The predicted octanol–water partition coefficient (Wildman–Crippen LogP) is 5.94. The van der Waals surface area contributed by atoms with Crippen LogP contribution in [0.25, 0.3) is 11.4 Å². The van der Waals surface area contributed by atoms with E-state index in [1.54, 1.807) is 0 Å². The average molecular weight is 480 g/mol. The maximum atomic E-state index is 4.76. The monoisotopic (exact) mass is 480 g/mol. The number of aromatic nitrogens is 3. The third-order valence-corrected chi connectivity index (χ3v) is 5.42. The number of halogens is 1. The third kappa shape index (κ3) is 3.67. The minimum atomic E-state index is 0.822. The number of benzene rings is 2. The molecule has 5 heteroatoms. The lowest BCUT2D eigenvalue weighted by Crippen LogP contribution is -1.99. The predicted molar refractivity (Wildman–Crippen MR) is 124 cm³/mol. The van der Waals surface area contributed by atoms with Gasteiger partial charge in [-0.15, -0.1) is 0 Å². The Bertz CT molecular complexity index is 1140.